The number of nitrogens with one attached hydrogen (secondary N) is 1. The smallest absolute Gasteiger partial charge is 0.236 e. The normalized spacial score (nSPS) is 33.5. The van der Waals surface area contributed by atoms with Gasteiger partial charge in [-0.1, -0.05) is 13.8 Å². The topological polar surface area (TPSA) is 32.3 Å². The van der Waals surface area contributed by atoms with Gasteiger partial charge in [0.05, 0.1) is 6.54 Å². The number of hydrogen-bond donors (Lipinski definition) is 1. The minimum atomic E-state index is 0.276. The fourth-order valence-corrected chi connectivity index (χ4v) is 3.36. The van der Waals surface area contributed by atoms with Gasteiger partial charge in [0.15, 0.2) is 0 Å². The van der Waals surface area contributed by atoms with E-state index in [1.165, 1.54) is 12.8 Å². The van der Waals surface area contributed by atoms with Crippen molar-refractivity contribution in [3.63, 3.8) is 0 Å². The zero-order valence-electron chi connectivity index (χ0n) is 10.7. The third-order valence-corrected chi connectivity index (χ3v) is 4.41. The summed E-state index contributed by atoms with van der Waals surface area (Å²) in [5.41, 5.74) is 0. The average molecular weight is 224 g/mol. The molecule has 1 amide bonds. The number of amides is 1. The van der Waals surface area contributed by atoms with Gasteiger partial charge in [-0.15, -0.1) is 0 Å². The molecule has 1 saturated heterocycles. The number of fused-ring (bicyclic) bond motifs is 1. The van der Waals surface area contributed by atoms with Crippen molar-refractivity contribution in [1.82, 2.24) is 10.2 Å². The Morgan fingerprint density at radius 2 is 1.88 bits per heavy atom. The summed E-state index contributed by atoms with van der Waals surface area (Å²) in [7, 11) is 1.84. The molecule has 1 aliphatic carbocycles. The van der Waals surface area contributed by atoms with Crippen LogP contribution in [0.5, 0.6) is 0 Å². The molecular formula is C13H24N2O. The Morgan fingerprint density at radius 1 is 1.31 bits per heavy atom. The highest BCUT2D eigenvalue weighted by atomic mass is 16.2. The van der Waals surface area contributed by atoms with E-state index in [-0.39, 0.29) is 5.91 Å². The van der Waals surface area contributed by atoms with Crippen molar-refractivity contribution in [1.29, 1.82) is 0 Å². The van der Waals surface area contributed by atoms with Gasteiger partial charge < -0.3 is 10.2 Å². The molecule has 92 valence electrons. The van der Waals surface area contributed by atoms with Crippen LogP contribution in [0.4, 0.5) is 0 Å². The highest BCUT2D eigenvalue weighted by molar-refractivity contribution is 5.78. The van der Waals surface area contributed by atoms with Gasteiger partial charge in [0.25, 0.3) is 0 Å². The molecular weight excluding hydrogens is 200 g/mol. The number of carbonyl (C=O) groups is 1. The lowest BCUT2D eigenvalue weighted by atomic mass is 9.93. The van der Waals surface area contributed by atoms with Gasteiger partial charge >= 0.3 is 0 Å². The van der Waals surface area contributed by atoms with Crippen LogP contribution in [-0.2, 0) is 4.79 Å². The molecule has 2 unspecified atom stereocenters. The molecule has 0 aromatic rings. The van der Waals surface area contributed by atoms with E-state index in [9.17, 15) is 4.79 Å². The summed E-state index contributed by atoms with van der Waals surface area (Å²) in [4.78, 5) is 13.8. The Kier molecular flexibility index (Phi) is 3.53. The molecule has 2 rings (SSSR count). The van der Waals surface area contributed by atoms with Crippen molar-refractivity contribution < 1.29 is 4.79 Å². The Balaban J connectivity index is 1.86. The van der Waals surface area contributed by atoms with Crippen LogP contribution in [0.25, 0.3) is 0 Å². The van der Waals surface area contributed by atoms with Gasteiger partial charge in [0.2, 0.25) is 5.91 Å². The van der Waals surface area contributed by atoms with Crippen LogP contribution in [0.15, 0.2) is 0 Å². The van der Waals surface area contributed by atoms with E-state index in [2.05, 4.69) is 24.1 Å². The van der Waals surface area contributed by atoms with E-state index in [0.717, 1.165) is 36.8 Å². The van der Waals surface area contributed by atoms with Crippen LogP contribution in [0.3, 0.4) is 0 Å². The van der Waals surface area contributed by atoms with Crippen molar-refractivity contribution in [2.45, 2.75) is 26.7 Å². The van der Waals surface area contributed by atoms with Crippen LogP contribution in [0, 0.1) is 23.7 Å². The molecule has 0 radical (unpaired) electrons. The van der Waals surface area contributed by atoms with E-state index in [1.807, 2.05) is 7.05 Å². The van der Waals surface area contributed by atoms with Crippen LogP contribution < -0.4 is 5.32 Å². The molecule has 1 aliphatic heterocycles. The van der Waals surface area contributed by atoms with E-state index >= 15 is 0 Å². The van der Waals surface area contributed by atoms with Crippen molar-refractivity contribution in [3.05, 3.63) is 0 Å². The summed E-state index contributed by atoms with van der Waals surface area (Å²) in [6, 6.07) is 0. The molecule has 0 aromatic carbocycles. The summed E-state index contributed by atoms with van der Waals surface area (Å²) < 4.78 is 0. The fourth-order valence-electron chi connectivity index (χ4n) is 3.36. The maximum absolute atomic E-state index is 11.8. The lowest BCUT2D eigenvalue weighted by Crippen LogP contribution is -2.36. The zero-order chi connectivity index (χ0) is 11.7. The van der Waals surface area contributed by atoms with Crippen molar-refractivity contribution in [2.75, 3.05) is 26.7 Å². The average Bonchev–Trinajstić information content (AvgIpc) is 2.73. The highest BCUT2D eigenvalue weighted by Gasteiger charge is 2.42. The molecule has 1 N–H and O–H groups in total. The molecule has 1 saturated carbocycles. The van der Waals surface area contributed by atoms with E-state index in [4.69, 9.17) is 0 Å². The minimum absolute atomic E-state index is 0.276. The second-order valence-corrected chi connectivity index (χ2v) is 5.82. The Hall–Kier alpha value is -0.570. The summed E-state index contributed by atoms with van der Waals surface area (Å²) in [5.74, 6) is 3.56. The first-order chi connectivity index (χ1) is 7.61. The first-order valence-corrected chi connectivity index (χ1v) is 6.54. The van der Waals surface area contributed by atoms with Gasteiger partial charge in [-0.05, 0) is 43.6 Å². The van der Waals surface area contributed by atoms with Crippen molar-refractivity contribution in [2.24, 2.45) is 23.7 Å². The Morgan fingerprint density at radius 3 is 2.31 bits per heavy atom. The minimum Gasteiger partial charge on any atom is -0.341 e. The van der Waals surface area contributed by atoms with Crippen molar-refractivity contribution >= 4 is 5.91 Å². The number of carbonyl (C=O) groups excluding carboxylic acids is 1. The van der Waals surface area contributed by atoms with E-state index < -0.39 is 0 Å². The molecule has 0 bridgehead atoms. The van der Waals surface area contributed by atoms with E-state index in [1.54, 1.807) is 0 Å². The van der Waals surface area contributed by atoms with Crippen molar-refractivity contribution in [3.8, 4) is 0 Å². The number of nitrogens with zero attached hydrogens (tertiary/aromatic N) is 1. The predicted octanol–water partition coefficient (Wildman–Crippen LogP) is 1.35. The maximum Gasteiger partial charge on any atom is 0.236 e. The lowest BCUT2D eigenvalue weighted by molar-refractivity contribution is -0.129. The highest BCUT2D eigenvalue weighted by Crippen LogP contribution is 2.44. The molecule has 2 atom stereocenters. The quantitative estimate of drug-likeness (QED) is 0.785. The fraction of sp³-hybridized carbons (Fsp3) is 0.923. The monoisotopic (exact) mass is 224 g/mol. The summed E-state index contributed by atoms with van der Waals surface area (Å²) in [6.45, 7) is 7.17. The second kappa shape index (κ2) is 4.74. The van der Waals surface area contributed by atoms with Gasteiger partial charge in [-0.3, -0.25) is 4.79 Å². The zero-order valence-corrected chi connectivity index (χ0v) is 10.7. The van der Waals surface area contributed by atoms with Crippen LogP contribution in [-0.4, -0.2) is 37.5 Å². The van der Waals surface area contributed by atoms with Crippen LogP contribution in [0.2, 0.25) is 0 Å². The van der Waals surface area contributed by atoms with Gasteiger partial charge in [0, 0.05) is 13.1 Å². The summed E-state index contributed by atoms with van der Waals surface area (Å²) in [5, 5.41) is 2.95. The largest absolute Gasteiger partial charge is 0.341 e. The number of likely N-dealkylation sites (tertiary alicyclic amines) is 1. The molecule has 2 fully saturated rings. The first kappa shape index (κ1) is 11.9. The second-order valence-electron chi connectivity index (χ2n) is 5.82. The molecule has 3 nitrogen and oxygen atoms in total. The summed E-state index contributed by atoms with van der Waals surface area (Å²) >= 11 is 0. The molecule has 2 aliphatic rings. The number of likely N-dealkylation sites (N-methyl/N-ethyl adjacent to an activating group) is 1. The SMILES string of the molecule is CNCC(=O)N1CC2CC(C(C)C)CC2C1. The maximum atomic E-state index is 11.8. The van der Waals surface area contributed by atoms with Crippen LogP contribution in [0.1, 0.15) is 26.7 Å². The third kappa shape index (κ3) is 2.24. The molecule has 16 heavy (non-hydrogen) atoms. The molecule has 0 aromatic heterocycles. The number of rotatable bonds is 3. The van der Waals surface area contributed by atoms with Gasteiger partial charge in [-0.25, -0.2) is 0 Å². The van der Waals surface area contributed by atoms with Crippen LogP contribution >= 0.6 is 0 Å². The van der Waals surface area contributed by atoms with Gasteiger partial charge in [-0.2, -0.15) is 0 Å². The standard InChI is InChI=1S/C13H24N2O/c1-9(2)10-4-11-7-15(8-12(11)5-10)13(16)6-14-3/h9-12,14H,4-8H2,1-3H3. The first-order valence-electron chi connectivity index (χ1n) is 6.54. The molecule has 3 heteroatoms. The summed E-state index contributed by atoms with van der Waals surface area (Å²) in [6.07, 6.45) is 2.68. The van der Waals surface area contributed by atoms with E-state index in [0.29, 0.717) is 6.54 Å². The molecule has 1 heterocycles. The Labute approximate surface area is 98.6 Å². The predicted molar refractivity (Wildman–Crippen MR) is 65.0 cm³/mol. The third-order valence-electron chi connectivity index (χ3n) is 4.41. The molecule has 0 spiro atoms. The lowest BCUT2D eigenvalue weighted by Gasteiger charge is -2.20. The number of hydrogen-bond acceptors (Lipinski definition) is 2. The Bertz CT molecular complexity index is 251. The van der Waals surface area contributed by atoms with Gasteiger partial charge in [0.1, 0.15) is 0 Å².